The van der Waals surface area contributed by atoms with Gasteiger partial charge in [-0.15, -0.1) is 11.8 Å². The maximum atomic E-state index is 13.9. The van der Waals surface area contributed by atoms with Crippen LogP contribution in [0.4, 0.5) is 4.39 Å². The van der Waals surface area contributed by atoms with E-state index >= 15 is 0 Å². The molecule has 2 heterocycles. The standard InChI is InChI=1S/C22H21FN4O3S/c1-27(11-19-24-16-9-5-3-7-14(16)20(28)26-19)22(30)17-12-31-18(21(29)25-17)10-13-6-2-4-8-15(13)23/h2-9,17-18H,10-12H2,1H3,(H,25,29)(H,24,26,28)/t17-,18-/m1/s1. The van der Waals surface area contributed by atoms with E-state index in [4.69, 9.17) is 0 Å². The van der Waals surface area contributed by atoms with Crippen LogP contribution in [0.5, 0.6) is 0 Å². The van der Waals surface area contributed by atoms with Crippen molar-refractivity contribution in [3.8, 4) is 0 Å². The number of amides is 2. The summed E-state index contributed by atoms with van der Waals surface area (Å²) >= 11 is 1.34. The Morgan fingerprint density at radius 2 is 1.94 bits per heavy atom. The van der Waals surface area contributed by atoms with Gasteiger partial charge in [0.05, 0.1) is 22.7 Å². The molecule has 1 fully saturated rings. The van der Waals surface area contributed by atoms with Gasteiger partial charge in [0, 0.05) is 12.8 Å². The predicted octanol–water partition coefficient (Wildman–Crippen LogP) is 1.86. The first-order valence-electron chi connectivity index (χ1n) is 9.80. The normalized spacial score (nSPS) is 18.6. The number of halogens is 1. The molecule has 0 spiro atoms. The molecular weight excluding hydrogens is 419 g/mol. The van der Waals surface area contributed by atoms with Crippen molar-refractivity contribution in [3.63, 3.8) is 0 Å². The first-order valence-corrected chi connectivity index (χ1v) is 10.9. The second kappa shape index (κ2) is 8.89. The van der Waals surface area contributed by atoms with E-state index in [2.05, 4.69) is 15.3 Å². The van der Waals surface area contributed by atoms with Crippen LogP contribution in [0.1, 0.15) is 11.4 Å². The topological polar surface area (TPSA) is 95.2 Å². The Hall–Kier alpha value is -3.20. The summed E-state index contributed by atoms with van der Waals surface area (Å²) in [4.78, 5) is 46.1. The van der Waals surface area contributed by atoms with Crippen molar-refractivity contribution in [1.82, 2.24) is 20.2 Å². The molecule has 9 heteroatoms. The lowest BCUT2D eigenvalue weighted by atomic mass is 10.1. The van der Waals surface area contributed by atoms with Crippen LogP contribution >= 0.6 is 11.8 Å². The predicted molar refractivity (Wildman–Crippen MR) is 117 cm³/mol. The number of benzene rings is 2. The summed E-state index contributed by atoms with van der Waals surface area (Å²) in [7, 11) is 1.60. The zero-order valence-corrected chi connectivity index (χ0v) is 17.6. The number of nitrogens with one attached hydrogen (secondary N) is 2. The molecule has 7 nitrogen and oxygen atoms in total. The molecule has 2 amide bonds. The Labute approximate surface area is 182 Å². The highest BCUT2D eigenvalue weighted by molar-refractivity contribution is 8.00. The van der Waals surface area contributed by atoms with Gasteiger partial charge in [-0.1, -0.05) is 30.3 Å². The molecule has 4 rings (SSSR count). The molecule has 2 atom stereocenters. The molecular formula is C22H21FN4O3S. The number of hydrogen-bond acceptors (Lipinski definition) is 5. The van der Waals surface area contributed by atoms with Gasteiger partial charge in [-0.3, -0.25) is 14.4 Å². The Kier molecular flexibility index (Phi) is 6.03. The molecule has 0 radical (unpaired) electrons. The number of aromatic nitrogens is 2. The van der Waals surface area contributed by atoms with Gasteiger partial charge in [-0.25, -0.2) is 9.37 Å². The molecule has 0 bridgehead atoms. The van der Waals surface area contributed by atoms with Gasteiger partial charge >= 0.3 is 0 Å². The van der Waals surface area contributed by atoms with Gasteiger partial charge in [0.25, 0.3) is 5.56 Å². The molecule has 0 aliphatic carbocycles. The van der Waals surface area contributed by atoms with Crippen LogP contribution in [0.15, 0.2) is 53.3 Å². The highest BCUT2D eigenvalue weighted by Gasteiger charge is 2.34. The maximum absolute atomic E-state index is 13.9. The second-order valence-electron chi connectivity index (χ2n) is 7.40. The third-order valence-corrected chi connectivity index (χ3v) is 6.47. The second-order valence-corrected chi connectivity index (χ2v) is 8.64. The Bertz CT molecular complexity index is 1200. The number of likely N-dealkylation sites (N-methyl/N-ethyl adjacent to an activating group) is 1. The number of carbonyl (C=O) groups is 2. The number of thioether (sulfide) groups is 1. The molecule has 3 aromatic rings. The van der Waals surface area contributed by atoms with Gasteiger partial charge in [-0.2, -0.15) is 0 Å². The molecule has 2 aromatic carbocycles. The van der Waals surface area contributed by atoms with Crippen LogP contribution in [0, 0.1) is 5.82 Å². The van der Waals surface area contributed by atoms with Crippen molar-refractivity contribution in [2.75, 3.05) is 12.8 Å². The number of para-hydroxylation sites is 1. The summed E-state index contributed by atoms with van der Waals surface area (Å²) in [6.45, 7) is 0.106. The number of rotatable bonds is 5. The summed E-state index contributed by atoms with van der Waals surface area (Å²) in [6, 6.07) is 12.7. The Balaban J connectivity index is 1.39. The lowest BCUT2D eigenvalue weighted by molar-refractivity contribution is -0.135. The lowest BCUT2D eigenvalue weighted by Crippen LogP contribution is -2.54. The summed E-state index contributed by atoms with van der Waals surface area (Å²) < 4.78 is 13.9. The molecule has 160 valence electrons. The zero-order valence-electron chi connectivity index (χ0n) is 16.8. The van der Waals surface area contributed by atoms with E-state index in [1.165, 1.54) is 22.7 Å². The highest BCUT2D eigenvalue weighted by atomic mass is 32.2. The number of aromatic amines is 1. The minimum absolute atomic E-state index is 0.106. The average Bonchev–Trinajstić information content (AvgIpc) is 2.76. The molecule has 0 unspecified atom stereocenters. The first kappa shape index (κ1) is 21.0. The Morgan fingerprint density at radius 3 is 2.71 bits per heavy atom. The Morgan fingerprint density at radius 1 is 1.19 bits per heavy atom. The van der Waals surface area contributed by atoms with Crippen molar-refractivity contribution in [2.24, 2.45) is 0 Å². The fourth-order valence-electron chi connectivity index (χ4n) is 3.52. The van der Waals surface area contributed by atoms with Crippen LogP contribution in [0.25, 0.3) is 10.9 Å². The van der Waals surface area contributed by atoms with E-state index < -0.39 is 11.3 Å². The van der Waals surface area contributed by atoms with E-state index in [1.807, 2.05) is 0 Å². The summed E-state index contributed by atoms with van der Waals surface area (Å²) in [6.07, 6.45) is 0.266. The van der Waals surface area contributed by atoms with Gasteiger partial charge < -0.3 is 15.2 Å². The fraction of sp³-hybridized carbons (Fsp3) is 0.273. The number of fused-ring (bicyclic) bond motifs is 1. The third kappa shape index (κ3) is 4.61. The summed E-state index contributed by atoms with van der Waals surface area (Å²) in [5.41, 5.74) is 0.766. The van der Waals surface area contributed by atoms with Crippen LogP contribution in [-0.4, -0.2) is 50.8 Å². The number of nitrogens with zero attached hydrogens (tertiary/aromatic N) is 2. The van der Waals surface area contributed by atoms with Gasteiger partial charge in [0.2, 0.25) is 11.8 Å². The van der Waals surface area contributed by atoms with Crippen LogP contribution in [0.2, 0.25) is 0 Å². The molecule has 0 saturated carbocycles. The minimum Gasteiger partial charge on any atom is -0.343 e. The van der Waals surface area contributed by atoms with Crippen molar-refractivity contribution < 1.29 is 14.0 Å². The number of carbonyl (C=O) groups excluding carboxylic acids is 2. The molecule has 2 N–H and O–H groups in total. The van der Waals surface area contributed by atoms with E-state index in [1.54, 1.807) is 49.5 Å². The molecule has 31 heavy (non-hydrogen) atoms. The number of hydrogen-bond donors (Lipinski definition) is 2. The lowest BCUT2D eigenvalue weighted by Gasteiger charge is -2.30. The first-order chi connectivity index (χ1) is 14.9. The minimum atomic E-state index is -0.688. The van der Waals surface area contributed by atoms with Crippen LogP contribution in [0.3, 0.4) is 0 Å². The zero-order chi connectivity index (χ0) is 22.0. The summed E-state index contributed by atoms with van der Waals surface area (Å²) in [5, 5.41) is 2.78. The van der Waals surface area contributed by atoms with Gasteiger partial charge in [0.15, 0.2) is 0 Å². The largest absolute Gasteiger partial charge is 0.343 e. The average molecular weight is 441 g/mol. The van der Waals surface area contributed by atoms with Crippen molar-refractivity contribution in [2.45, 2.75) is 24.3 Å². The summed E-state index contributed by atoms with van der Waals surface area (Å²) in [5.74, 6) is -0.155. The highest BCUT2D eigenvalue weighted by Crippen LogP contribution is 2.24. The van der Waals surface area contributed by atoms with Crippen molar-refractivity contribution in [3.05, 3.63) is 76.1 Å². The van der Waals surface area contributed by atoms with E-state index in [0.717, 1.165) is 0 Å². The van der Waals surface area contributed by atoms with Gasteiger partial charge in [-0.05, 0) is 30.2 Å². The smallest absolute Gasteiger partial charge is 0.258 e. The van der Waals surface area contributed by atoms with Gasteiger partial charge in [0.1, 0.15) is 17.7 Å². The van der Waals surface area contributed by atoms with E-state index in [-0.39, 0.29) is 36.2 Å². The molecule has 1 saturated heterocycles. The SMILES string of the molecule is CN(Cc1nc2ccccc2c(=O)[nH]1)C(=O)[C@H]1CS[C@H](Cc2ccccc2F)C(=O)N1. The molecule has 1 aliphatic rings. The van der Waals surface area contributed by atoms with E-state index in [9.17, 15) is 18.8 Å². The van der Waals surface area contributed by atoms with E-state index in [0.29, 0.717) is 28.0 Å². The van der Waals surface area contributed by atoms with Crippen molar-refractivity contribution in [1.29, 1.82) is 0 Å². The maximum Gasteiger partial charge on any atom is 0.258 e. The number of H-pyrrole nitrogens is 1. The third-order valence-electron chi connectivity index (χ3n) is 5.16. The van der Waals surface area contributed by atoms with Crippen LogP contribution in [-0.2, 0) is 22.6 Å². The van der Waals surface area contributed by atoms with Crippen LogP contribution < -0.4 is 10.9 Å². The monoisotopic (exact) mass is 440 g/mol. The quantitative estimate of drug-likeness (QED) is 0.632. The fourth-order valence-corrected chi connectivity index (χ4v) is 4.69. The van der Waals surface area contributed by atoms with Crippen molar-refractivity contribution >= 4 is 34.5 Å². The molecule has 1 aromatic heterocycles. The molecule has 1 aliphatic heterocycles.